The Morgan fingerprint density at radius 3 is 1.92 bits per heavy atom. The molecule has 7 nitrogen and oxygen atoms in total. The fraction of sp³-hybridized carbons (Fsp3) is 0.0625. The quantitative estimate of drug-likeness (QED) is 0.638. The van der Waals surface area contributed by atoms with E-state index in [1.54, 1.807) is 0 Å². The van der Waals surface area contributed by atoms with E-state index in [1.165, 1.54) is 48.5 Å². The first-order chi connectivity index (χ1) is 11.4. The number of nitrogens with one attached hydrogen (secondary N) is 3. The van der Waals surface area contributed by atoms with Crippen LogP contribution in [-0.4, -0.2) is 17.8 Å². The van der Waals surface area contributed by atoms with Crippen LogP contribution in [0.1, 0.15) is 5.56 Å². The molecule has 124 valence electrons. The lowest BCUT2D eigenvalue weighted by Crippen LogP contribution is -2.34. The Hall–Kier alpha value is -3.42. The van der Waals surface area contributed by atoms with Crippen LogP contribution in [0, 0.1) is 5.82 Å². The summed E-state index contributed by atoms with van der Waals surface area (Å²) in [5.41, 5.74) is 6.49. The number of primary amides is 1. The minimum Gasteiger partial charge on any atom is -0.351 e. The van der Waals surface area contributed by atoms with Gasteiger partial charge in [-0.15, -0.1) is 0 Å². The number of anilines is 2. The molecular weight excluding hydrogens is 315 g/mol. The SMILES string of the molecule is NC(=O)Nc1ccc(NC(=O)C(=O)NCc2ccc(F)cc2)cc1. The monoisotopic (exact) mass is 330 g/mol. The molecule has 0 atom stereocenters. The summed E-state index contributed by atoms with van der Waals surface area (Å²) in [6.45, 7) is 0.105. The van der Waals surface area contributed by atoms with E-state index in [0.29, 0.717) is 16.9 Å². The van der Waals surface area contributed by atoms with Crippen LogP contribution in [0.25, 0.3) is 0 Å². The van der Waals surface area contributed by atoms with Gasteiger partial charge in [0.2, 0.25) is 0 Å². The predicted octanol–water partition coefficient (Wildman–Crippen LogP) is 1.57. The predicted molar refractivity (Wildman–Crippen MR) is 86.5 cm³/mol. The van der Waals surface area contributed by atoms with Crippen molar-refractivity contribution in [2.24, 2.45) is 5.73 Å². The Labute approximate surface area is 137 Å². The molecular formula is C16H15FN4O3. The Kier molecular flexibility index (Phi) is 5.45. The van der Waals surface area contributed by atoms with Crippen molar-refractivity contribution in [1.29, 1.82) is 0 Å². The Balaban J connectivity index is 1.85. The first-order valence-electron chi connectivity index (χ1n) is 6.94. The van der Waals surface area contributed by atoms with Crippen molar-refractivity contribution in [3.05, 3.63) is 59.9 Å². The average Bonchev–Trinajstić information content (AvgIpc) is 2.55. The number of nitrogens with two attached hydrogens (primary N) is 1. The number of carbonyl (C=O) groups excluding carboxylic acids is 3. The Morgan fingerprint density at radius 2 is 1.38 bits per heavy atom. The van der Waals surface area contributed by atoms with Gasteiger partial charge in [-0.2, -0.15) is 0 Å². The molecule has 0 spiro atoms. The zero-order valence-corrected chi connectivity index (χ0v) is 12.5. The van der Waals surface area contributed by atoms with Crippen molar-refractivity contribution in [3.8, 4) is 0 Å². The third kappa shape index (κ3) is 5.09. The van der Waals surface area contributed by atoms with Crippen LogP contribution in [0.3, 0.4) is 0 Å². The summed E-state index contributed by atoms with van der Waals surface area (Å²) in [4.78, 5) is 34.2. The third-order valence-corrected chi connectivity index (χ3v) is 2.98. The second kappa shape index (κ2) is 7.73. The summed E-state index contributed by atoms with van der Waals surface area (Å²) in [6, 6.07) is 10.9. The maximum atomic E-state index is 12.8. The highest BCUT2D eigenvalue weighted by molar-refractivity contribution is 6.39. The Bertz CT molecular complexity index is 745. The summed E-state index contributed by atoms with van der Waals surface area (Å²) >= 11 is 0. The van der Waals surface area contributed by atoms with Crippen molar-refractivity contribution in [1.82, 2.24) is 5.32 Å². The molecule has 2 aromatic rings. The molecule has 0 fully saturated rings. The second-order valence-corrected chi connectivity index (χ2v) is 4.83. The zero-order chi connectivity index (χ0) is 17.5. The average molecular weight is 330 g/mol. The van der Waals surface area contributed by atoms with Crippen LogP contribution in [0.15, 0.2) is 48.5 Å². The fourth-order valence-electron chi connectivity index (χ4n) is 1.83. The molecule has 0 aliphatic carbocycles. The topological polar surface area (TPSA) is 113 Å². The molecule has 4 amide bonds. The first-order valence-corrected chi connectivity index (χ1v) is 6.94. The van der Waals surface area contributed by atoms with E-state index < -0.39 is 17.8 Å². The Morgan fingerprint density at radius 1 is 0.833 bits per heavy atom. The maximum Gasteiger partial charge on any atom is 0.316 e. The molecule has 0 bridgehead atoms. The van der Waals surface area contributed by atoms with Gasteiger partial charge in [-0.25, -0.2) is 9.18 Å². The molecule has 2 rings (SSSR count). The number of amides is 4. The summed E-state index contributed by atoms with van der Waals surface area (Å²) in [7, 11) is 0. The van der Waals surface area contributed by atoms with Crippen LogP contribution in [-0.2, 0) is 16.1 Å². The lowest BCUT2D eigenvalue weighted by molar-refractivity contribution is -0.136. The molecule has 8 heteroatoms. The lowest BCUT2D eigenvalue weighted by atomic mass is 10.2. The van der Waals surface area contributed by atoms with Gasteiger partial charge in [-0.05, 0) is 42.0 Å². The van der Waals surface area contributed by atoms with Gasteiger partial charge in [0, 0.05) is 17.9 Å². The second-order valence-electron chi connectivity index (χ2n) is 4.83. The van der Waals surface area contributed by atoms with Crippen molar-refractivity contribution >= 4 is 29.2 Å². The number of benzene rings is 2. The normalized spacial score (nSPS) is 9.88. The van der Waals surface area contributed by atoms with Gasteiger partial charge >= 0.3 is 17.8 Å². The molecule has 0 aliphatic heterocycles. The van der Waals surface area contributed by atoms with E-state index in [1.807, 2.05) is 0 Å². The molecule has 0 radical (unpaired) electrons. The number of hydrogen-bond acceptors (Lipinski definition) is 3. The number of rotatable bonds is 4. The van der Waals surface area contributed by atoms with E-state index in [9.17, 15) is 18.8 Å². The molecule has 0 saturated carbocycles. The van der Waals surface area contributed by atoms with Gasteiger partial charge in [0.05, 0.1) is 0 Å². The molecule has 0 unspecified atom stereocenters. The fourth-order valence-corrected chi connectivity index (χ4v) is 1.83. The van der Waals surface area contributed by atoms with Crippen molar-refractivity contribution in [2.45, 2.75) is 6.54 Å². The molecule has 2 aromatic carbocycles. The van der Waals surface area contributed by atoms with Crippen molar-refractivity contribution in [3.63, 3.8) is 0 Å². The van der Waals surface area contributed by atoms with Crippen LogP contribution in [0.5, 0.6) is 0 Å². The van der Waals surface area contributed by atoms with Gasteiger partial charge in [-0.1, -0.05) is 12.1 Å². The zero-order valence-electron chi connectivity index (χ0n) is 12.5. The maximum absolute atomic E-state index is 12.8. The van der Waals surface area contributed by atoms with E-state index in [2.05, 4.69) is 16.0 Å². The molecule has 24 heavy (non-hydrogen) atoms. The van der Waals surface area contributed by atoms with E-state index >= 15 is 0 Å². The number of hydrogen-bond donors (Lipinski definition) is 4. The number of halogens is 1. The third-order valence-electron chi connectivity index (χ3n) is 2.98. The van der Waals surface area contributed by atoms with E-state index in [0.717, 1.165) is 0 Å². The number of carbonyl (C=O) groups is 3. The molecule has 5 N–H and O–H groups in total. The summed E-state index contributed by atoms with van der Waals surface area (Å²) < 4.78 is 12.8. The summed E-state index contributed by atoms with van der Waals surface area (Å²) in [6.07, 6.45) is 0. The largest absolute Gasteiger partial charge is 0.351 e. The van der Waals surface area contributed by atoms with Gasteiger partial charge < -0.3 is 21.7 Å². The van der Waals surface area contributed by atoms with Crippen LogP contribution in [0.4, 0.5) is 20.6 Å². The molecule has 0 heterocycles. The lowest BCUT2D eigenvalue weighted by Gasteiger charge is -2.08. The van der Waals surface area contributed by atoms with E-state index in [-0.39, 0.29) is 12.4 Å². The molecule has 0 aromatic heterocycles. The summed E-state index contributed by atoms with van der Waals surface area (Å²) in [5, 5.41) is 7.21. The smallest absolute Gasteiger partial charge is 0.316 e. The van der Waals surface area contributed by atoms with Crippen LogP contribution >= 0.6 is 0 Å². The molecule has 0 saturated heterocycles. The first kappa shape index (κ1) is 16.9. The van der Waals surface area contributed by atoms with E-state index in [4.69, 9.17) is 5.73 Å². The van der Waals surface area contributed by atoms with Gasteiger partial charge in [0.1, 0.15) is 5.82 Å². The minimum atomic E-state index is -0.840. The highest BCUT2D eigenvalue weighted by Crippen LogP contribution is 2.13. The van der Waals surface area contributed by atoms with Gasteiger partial charge in [-0.3, -0.25) is 9.59 Å². The molecule has 0 aliphatic rings. The highest BCUT2D eigenvalue weighted by atomic mass is 19.1. The number of urea groups is 1. The van der Waals surface area contributed by atoms with Crippen LogP contribution < -0.4 is 21.7 Å². The van der Waals surface area contributed by atoms with Crippen molar-refractivity contribution in [2.75, 3.05) is 10.6 Å². The van der Waals surface area contributed by atoms with Gasteiger partial charge in [0.15, 0.2) is 0 Å². The van der Waals surface area contributed by atoms with Gasteiger partial charge in [0.25, 0.3) is 0 Å². The summed E-state index contributed by atoms with van der Waals surface area (Å²) in [5.74, 6) is -2.04. The van der Waals surface area contributed by atoms with Crippen molar-refractivity contribution < 1.29 is 18.8 Å². The standard InChI is InChI=1S/C16H15FN4O3/c17-11-3-1-10(2-4-11)9-19-14(22)15(23)20-12-5-7-13(8-6-12)21-16(18)24/h1-8H,9H2,(H,19,22)(H,20,23)(H3,18,21,24). The van der Waals surface area contributed by atoms with Crippen LogP contribution in [0.2, 0.25) is 0 Å². The minimum absolute atomic E-state index is 0.105. The highest BCUT2D eigenvalue weighted by Gasteiger charge is 2.13.